The lowest BCUT2D eigenvalue weighted by Gasteiger charge is -2.07. The molecular weight excluding hydrogens is 176 g/mol. The molecule has 1 aromatic rings. The topological polar surface area (TPSA) is 21.8 Å². The molecular formula is C12H16O2. The first kappa shape index (κ1) is 9.53. The molecule has 0 bridgehead atoms. The molecule has 1 unspecified atom stereocenters. The van der Waals surface area contributed by atoms with E-state index in [1.165, 1.54) is 5.56 Å². The van der Waals surface area contributed by atoms with E-state index in [2.05, 4.69) is 32.9 Å². The summed E-state index contributed by atoms with van der Waals surface area (Å²) in [6, 6.07) is 6.19. The fourth-order valence-electron chi connectivity index (χ4n) is 1.77. The Hall–Kier alpha value is -1.02. The number of rotatable bonds is 2. The first-order valence-electron chi connectivity index (χ1n) is 4.87. The van der Waals surface area contributed by atoms with Gasteiger partial charge in [-0.2, -0.15) is 0 Å². The van der Waals surface area contributed by atoms with Crippen molar-refractivity contribution in [1.29, 1.82) is 0 Å². The Bertz CT molecular complexity index is 355. The summed E-state index contributed by atoms with van der Waals surface area (Å²) in [7, 11) is 1.70. The zero-order valence-corrected chi connectivity index (χ0v) is 9.13. The summed E-state index contributed by atoms with van der Waals surface area (Å²) in [6.07, 6.45) is 0.192. The maximum Gasteiger partial charge on any atom is 0.124 e. The maximum absolute atomic E-state index is 5.61. The Morgan fingerprint density at radius 2 is 2.00 bits per heavy atom. The van der Waals surface area contributed by atoms with Crippen LogP contribution in [0.5, 0.6) is 5.75 Å². The predicted molar refractivity (Wildman–Crippen MR) is 55.6 cm³/mol. The second-order valence-electron chi connectivity index (χ2n) is 4.35. The quantitative estimate of drug-likeness (QED) is 0.672. The van der Waals surface area contributed by atoms with E-state index in [0.29, 0.717) is 0 Å². The van der Waals surface area contributed by atoms with Crippen LogP contribution in [0.2, 0.25) is 0 Å². The summed E-state index contributed by atoms with van der Waals surface area (Å²) in [5, 5.41) is 0. The molecule has 14 heavy (non-hydrogen) atoms. The van der Waals surface area contributed by atoms with Gasteiger partial charge in [0.2, 0.25) is 0 Å². The summed E-state index contributed by atoms with van der Waals surface area (Å²) in [6.45, 7) is 6.28. The van der Waals surface area contributed by atoms with E-state index in [1.54, 1.807) is 7.11 Å². The van der Waals surface area contributed by atoms with E-state index in [4.69, 9.17) is 9.47 Å². The lowest BCUT2D eigenvalue weighted by molar-refractivity contribution is 0.322. The van der Waals surface area contributed by atoms with Gasteiger partial charge in [0.1, 0.15) is 11.9 Å². The monoisotopic (exact) mass is 192 g/mol. The molecule has 0 aliphatic carbocycles. The number of epoxide rings is 1. The van der Waals surface area contributed by atoms with Crippen LogP contribution in [-0.2, 0) is 4.74 Å². The molecule has 0 N–H and O–H groups in total. The summed E-state index contributed by atoms with van der Waals surface area (Å²) >= 11 is 0. The van der Waals surface area contributed by atoms with Gasteiger partial charge >= 0.3 is 0 Å². The molecule has 1 aliphatic rings. The molecule has 0 radical (unpaired) electrons. The summed E-state index contributed by atoms with van der Waals surface area (Å²) in [5.41, 5.74) is 2.38. The van der Waals surface area contributed by atoms with Crippen LogP contribution in [0.4, 0.5) is 0 Å². The molecule has 2 heteroatoms. The summed E-state index contributed by atoms with van der Waals surface area (Å²) in [5.74, 6) is 0.922. The fraction of sp³-hybridized carbons (Fsp3) is 0.500. The molecule has 0 saturated carbocycles. The van der Waals surface area contributed by atoms with Gasteiger partial charge in [0.25, 0.3) is 0 Å². The van der Waals surface area contributed by atoms with Crippen LogP contribution in [0, 0.1) is 6.92 Å². The number of methoxy groups -OCH3 is 1. The zero-order chi connectivity index (χ0) is 10.3. The summed E-state index contributed by atoms with van der Waals surface area (Å²) < 4.78 is 10.9. The molecule has 2 nitrogen and oxygen atoms in total. The van der Waals surface area contributed by atoms with Crippen LogP contribution < -0.4 is 4.74 Å². The van der Waals surface area contributed by atoms with Crippen LogP contribution in [0.15, 0.2) is 18.2 Å². The average Bonchev–Trinajstić information content (AvgIpc) is 2.75. The number of hydrogen-bond acceptors (Lipinski definition) is 2. The van der Waals surface area contributed by atoms with E-state index in [-0.39, 0.29) is 11.7 Å². The minimum absolute atomic E-state index is 0.0267. The predicted octanol–water partition coefficient (Wildman–Crippen LogP) is 2.85. The third kappa shape index (κ3) is 1.50. The second-order valence-corrected chi connectivity index (χ2v) is 4.35. The summed E-state index contributed by atoms with van der Waals surface area (Å²) in [4.78, 5) is 0. The van der Waals surface area contributed by atoms with Gasteiger partial charge in [-0.3, -0.25) is 0 Å². The third-order valence-electron chi connectivity index (χ3n) is 2.66. The molecule has 0 amide bonds. The van der Waals surface area contributed by atoms with Crippen molar-refractivity contribution >= 4 is 0 Å². The van der Waals surface area contributed by atoms with Gasteiger partial charge in [-0.1, -0.05) is 11.6 Å². The fourth-order valence-corrected chi connectivity index (χ4v) is 1.77. The van der Waals surface area contributed by atoms with E-state index in [0.717, 1.165) is 11.3 Å². The van der Waals surface area contributed by atoms with Crippen LogP contribution in [0.25, 0.3) is 0 Å². The highest BCUT2D eigenvalue weighted by atomic mass is 16.6. The van der Waals surface area contributed by atoms with Crippen LogP contribution >= 0.6 is 0 Å². The van der Waals surface area contributed by atoms with Crippen molar-refractivity contribution in [2.45, 2.75) is 32.5 Å². The lowest BCUT2D eigenvalue weighted by Crippen LogP contribution is -1.99. The molecule has 76 valence electrons. The van der Waals surface area contributed by atoms with Crippen molar-refractivity contribution < 1.29 is 9.47 Å². The Morgan fingerprint density at radius 3 is 2.50 bits per heavy atom. The Balaban J connectivity index is 2.37. The van der Waals surface area contributed by atoms with Gasteiger partial charge in [0.05, 0.1) is 12.7 Å². The van der Waals surface area contributed by atoms with Gasteiger partial charge in [-0.25, -0.2) is 0 Å². The lowest BCUT2D eigenvalue weighted by atomic mass is 10.0. The number of hydrogen-bond donors (Lipinski definition) is 0. The smallest absolute Gasteiger partial charge is 0.124 e. The van der Waals surface area contributed by atoms with Gasteiger partial charge in [-0.05, 0) is 32.9 Å². The largest absolute Gasteiger partial charge is 0.496 e. The molecule has 0 aromatic heterocycles. The van der Waals surface area contributed by atoms with Crippen molar-refractivity contribution in [2.75, 3.05) is 7.11 Å². The van der Waals surface area contributed by atoms with Gasteiger partial charge < -0.3 is 9.47 Å². The van der Waals surface area contributed by atoms with Crippen molar-refractivity contribution in [3.05, 3.63) is 29.3 Å². The Labute approximate surface area is 84.8 Å². The van der Waals surface area contributed by atoms with Crippen LogP contribution in [0.3, 0.4) is 0 Å². The first-order valence-corrected chi connectivity index (χ1v) is 4.87. The highest BCUT2D eigenvalue weighted by Gasteiger charge is 2.50. The van der Waals surface area contributed by atoms with E-state index < -0.39 is 0 Å². The zero-order valence-electron chi connectivity index (χ0n) is 9.13. The van der Waals surface area contributed by atoms with Crippen molar-refractivity contribution in [2.24, 2.45) is 0 Å². The minimum atomic E-state index is -0.0267. The molecule has 2 rings (SSSR count). The Kier molecular flexibility index (Phi) is 2.04. The van der Waals surface area contributed by atoms with E-state index >= 15 is 0 Å². The van der Waals surface area contributed by atoms with Crippen molar-refractivity contribution in [3.8, 4) is 5.75 Å². The number of benzene rings is 1. The van der Waals surface area contributed by atoms with Crippen molar-refractivity contribution in [1.82, 2.24) is 0 Å². The third-order valence-corrected chi connectivity index (χ3v) is 2.66. The van der Waals surface area contributed by atoms with Gasteiger partial charge in [-0.15, -0.1) is 0 Å². The van der Waals surface area contributed by atoms with E-state index in [1.807, 2.05) is 6.07 Å². The average molecular weight is 192 g/mol. The molecule has 1 heterocycles. The number of aryl methyl sites for hydroxylation is 1. The standard InChI is InChI=1S/C12H16O2/c1-8-5-6-10(13-4)9(7-8)11-12(2,3)14-11/h5-7,11H,1-4H3. The highest BCUT2D eigenvalue weighted by Crippen LogP contribution is 2.51. The van der Waals surface area contributed by atoms with Crippen LogP contribution in [-0.4, -0.2) is 12.7 Å². The highest BCUT2D eigenvalue weighted by molar-refractivity contribution is 5.41. The molecule has 1 aromatic carbocycles. The van der Waals surface area contributed by atoms with Gasteiger partial charge in [0.15, 0.2) is 0 Å². The molecule has 1 fully saturated rings. The first-order chi connectivity index (χ1) is 6.54. The minimum Gasteiger partial charge on any atom is -0.496 e. The Morgan fingerprint density at radius 1 is 1.36 bits per heavy atom. The molecule has 1 atom stereocenters. The van der Waals surface area contributed by atoms with Gasteiger partial charge in [0, 0.05) is 5.56 Å². The van der Waals surface area contributed by atoms with E-state index in [9.17, 15) is 0 Å². The second kappa shape index (κ2) is 2.99. The maximum atomic E-state index is 5.61. The molecule has 1 aliphatic heterocycles. The molecule has 1 saturated heterocycles. The SMILES string of the molecule is COc1ccc(C)cc1C1OC1(C)C. The normalized spacial score (nSPS) is 23.3. The molecule has 0 spiro atoms. The van der Waals surface area contributed by atoms with Crippen molar-refractivity contribution in [3.63, 3.8) is 0 Å². The number of ether oxygens (including phenoxy) is 2. The van der Waals surface area contributed by atoms with Crippen LogP contribution in [0.1, 0.15) is 31.1 Å².